The Balaban J connectivity index is 2.01. The van der Waals surface area contributed by atoms with Crippen LogP contribution in [0.15, 0.2) is 30.3 Å². The summed E-state index contributed by atoms with van der Waals surface area (Å²) >= 11 is 0. The highest BCUT2D eigenvalue weighted by atomic mass is 16.7. The third kappa shape index (κ3) is 4.10. The van der Waals surface area contributed by atoms with Gasteiger partial charge in [0.1, 0.15) is 0 Å². The number of hydrogen-bond acceptors (Lipinski definition) is 8. The van der Waals surface area contributed by atoms with Gasteiger partial charge in [-0.15, -0.1) is 0 Å². The van der Waals surface area contributed by atoms with E-state index in [-0.39, 0.29) is 30.2 Å². The van der Waals surface area contributed by atoms with Crippen molar-refractivity contribution >= 4 is 17.7 Å². The molecule has 0 unspecified atom stereocenters. The number of rotatable bonds is 8. The summed E-state index contributed by atoms with van der Waals surface area (Å²) in [5.74, 6) is 1.54. The lowest BCUT2D eigenvalue weighted by Gasteiger charge is -2.46. The zero-order chi connectivity index (χ0) is 23.4. The molecule has 1 aliphatic heterocycles. The number of methoxy groups -OCH3 is 4. The lowest BCUT2D eigenvalue weighted by Crippen LogP contribution is -2.54. The fourth-order valence-corrected chi connectivity index (χ4v) is 3.76. The van der Waals surface area contributed by atoms with Crippen molar-refractivity contribution in [3.05, 3.63) is 35.9 Å². The van der Waals surface area contributed by atoms with E-state index in [4.69, 9.17) is 28.4 Å². The fraction of sp³-hybridized carbons (Fsp3) is 0.391. The number of β-lactam (4-membered cyclic amide) rings is 1. The molecule has 1 heterocycles. The van der Waals surface area contributed by atoms with Crippen molar-refractivity contribution in [1.29, 1.82) is 0 Å². The molecule has 2 aromatic rings. The van der Waals surface area contributed by atoms with Gasteiger partial charge in [-0.2, -0.15) is 0 Å². The van der Waals surface area contributed by atoms with Crippen LogP contribution in [0.25, 0.3) is 0 Å². The second-order valence-electron chi connectivity index (χ2n) is 7.02. The molecule has 0 saturated carbocycles. The second kappa shape index (κ2) is 9.67. The minimum Gasteiger partial charge on any atom is -0.493 e. The van der Waals surface area contributed by atoms with E-state index in [0.29, 0.717) is 28.7 Å². The van der Waals surface area contributed by atoms with E-state index in [1.807, 2.05) is 13.0 Å². The van der Waals surface area contributed by atoms with Gasteiger partial charge < -0.3 is 33.3 Å². The predicted octanol–water partition coefficient (Wildman–Crippen LogP) is 3.98. The monoisotopic (exact) mass is 445 g/mol. The van der Waals surface area contributed by atoms with Gasteiger partial charge in [0.15, 0.2) is 23.0 Å². The quantitative estimate of drug-likeness (QED) is 0.342. The van der Waals surface area contributed by atoms with Crippen LogP contribution in [-0.2, 0) is 9.53 Å². The maximum absolute atomic E-state index is 12.9. The maximum atomic E-state index is 12.9. The van der Waals surface area contributed by atoms with Crippen LogP contribution in [0.4, 0.5) is 10.5 Å². The SMILES string of the molecule is CCOC(=O)Oc1cc([C@H]2[C@H](C)C(=O)N2c2cc(OC)c(OC)c(OC)c2)ccc1OC. The molecule has 172 valence electrons. The second-order valence-corrected chi connectivity index (χ2v) is 7.02. The van der Waals surface area contributed by atoms with Crippen molar-refractivity contribution in [1.82, 2.24) is 0 Å². The number of carbonyl (C=O) groups is 2. The van der Waals surface area contributed by atoms with E-state index < -0.39 is 6.16 Å². The lowest BCUT2D eigenvalue weighted by atomic mass is 9.83. The molecule has 3 rings (SSSR count). The topological polar surface area (TPSA) is 92.8 Å². The summed E-state index contributed by atoms with van der Waals surface area (Å²) in [7, 11) is 6.02. The van der Waals surface area contributed by atoms with Gasteiger partial charge in [0.2, 0.25) is 11.7 Å². The first-order chi connectivity index (χ1) is 15.4. The highest BCUT2D eigenvalue weighted by Crippen LogP contribution is 2.49. The van der Waals surface area contributed by atoms with Crippen molar-refractivity contribution in [2.24, 2.45) is 5.92 Å². The van der Waals surface area contributed by atoms with Crippen molar-refractivity contribution in [3.63, 3.8) is 0 Å². The molecule has 1 aliphatic rings. The highest BCUT2D eigenvalue weighted by Gasteiger charge is 2.46. The van der Waals surface area contributed by atoms with Gasteiger partial charge in [0.05, 0.1) is 52.7 Å². The number of ether oxygens (including phenoxy) is 6. The van der Waals surface area contributed by atoms with Gasteiger partial charge in [0, 0.05) is 12.1 Å². The van der Waals surface area contributed by atoms with E-state index in [1.165, 1.54) is 28.4 Å². The van der Waals surface area contributed by atoms with Crippen molar-refractivity contribution < 1.29 is 38.0 Å². The van der Waals surface area contributed by atoms with Crippen LogP contribution >= 0.6 is 0 Å². The average Bonchev–Trinajstić information content (AvgIpc) is 2.80. The Labute approximate surface area is 186 Å². The van der Waals surface area contributed by atoms with Crippen LogP contribution in [0.1, 0.15) is 25.5 Å². The zero-order valence-corrected chi connectivity index (χ0v) is 19.0. The number of amides is 1. The van der Waals surface area contributed by atoms with E-state index in [1.54, 1.807) is 36.1 Å². The standard InChI is InChI=1S/C23H27NO8/c1-7-31-23(26)32-17-10-14(8-9-16(17)27-3)20-13(2)22(25)24(20)15-11-18(28-4)21(30-6)19(12-15)29-5/h8-13,20H,7H2,1-6H3/t13-,20+/m0/s1. The molecule has 0 N–H and O–H groups in total. The third-order valence-electron chi connectivity index (χ3n) is 5.29. The fourth-order valence-electron chi connectivity index (χ4n) is 3.76. The van der Waals surface area contributed by atoms with E-state index >= 15 is 0 Å². The Morgan fingerprint density at radius 2 is 1.53 bits per heavy atom. The average molecular weight is 445 g/mol. The minimum atomic E-state index is -0.831. The van der Waals surface area contributed by atoms with Gasteiger partial charge in [-0.05, 0) is 24.6 Å². The summed E-state index contributed by atoms with van der Waals surface area (Å²) in [6.45, 7) is 3.72. The summed E-state index contributed by atoms with van der Waals surface area (Å²) in [5, 5.41) is 0. The first kappa shape index (κ1) is 23.1. The van der Waals surface area contributed by atoms with Crippen LogP contribution in [-0.4, -0.2) is 47.1 Å². The summed E-state index contributed by atoms with van der Waals surface area (Å²) in [6, 6.07) is 8.33. The minimum absolute atomic E-state index is 0.0621. The van der Waals surface area contributed by atoms with Gasteiger partial charge in [0.25, 0.3) is 0 Å². The molecule has 0 spiro atoms. The maximum Gasteiger partial charge on any atom is 0.513 e. The van der Waals surface area contributed by atoms with Crippen LogP contribution in [0, 0.1) is 5.92 Å². The first-order valence-electron chi connectivity index (χ1n) is 10.1. The third-order valence-corrected chi connectivity index (χ3v) is 5.29. The number of benzene rings is 2. The molecule has 0 aliphatic carbocycles. The molecule has 0 bridgehead atoms. The molecule has 2 atom stereocenters. The molecule has 2 aromatic carbocycles. The number of nitrogens with zero attached hydrogens (tertiary/aromatic N) is 1. The Morgan fingerprint density at radius 1 is 0.906 bits per heavy atom. The van der Waals surface area contributed by atoms with E-state index in [2.05, 4.69) is 0 Å². The molecule has 9 heteroatoms. The van der Waals surface area contributed by atoms with Crippen LogP contribution in [0.2, 0.25) is 0 Å². The Hall–Kier alpha value is -3.62. The number of hydrogen-bond donors (Lipinski definition) is 0. The Morgan fingerprint density at radius 3 is 2.06 bits per heavy atom. The lowest BCUT2D eigenvalue weighted by molar-refractivity contribution is -0.129. The molecule has 0 aromatic heterocycles. The molecule has 1 fully saturated rings. The molecule has 1 amide bonds. The Bertz CT molecular complexity index is 980. The van der Waals surface area contributed by atoms with E-state index in [9.17, 15) is 9.59 Å². The summed E-state index contributed by atoms with van der Waals surface area (Å²) < 4.78 is 31.7. The first-order valence-corrected chi connectivity index (χ1v) is 10.1. The predicted molar refractivity (Wildman–Crippen MR) is 116 cm³/mol. The summed E-state index contributed by atoms with van der Waals surface area (Å²) in [5.41, 5.74) is 1.36. The largest absolute Gasteiger partial charge is 0.513 e. The molecular formula is C23H27NO8. The smallest absolute Gasteiger partial charge is 0.493 e. The van der Waals surface area contributed by atoms with E-state index in [0.717, 1.165) is 5.56 Å². The van der Waals surface area contributed by atoms with Crippen LogP contribution in [0.3, 0.4) is 0 Å². The highest BCUT2D eigenvalue weighted by molar-refractivity contribution is 6.03. The molecule has 0 radical (unpaired) electrons. The normalized spacial score (nSPS) is 17.3. The van der Waals surface area contributed by atoms with Gasteiger partial charge >= 0.3 is 6.16 Å². The molecule has 9 nitrogen and oxygen atoms in total. The summed E-state index contributed by atoms with van der Waals surface area (Å²) in [6.07, 6.45) is -0.831. The van der Waals surface area contributed by atoms with Gasteiger partial charge in [-0.3, -0.25) is 4.79 Å². The molecule has 1 saturated heterocycles. The van der Waals surface area contributed by atoms with Gasteiger partial charge in [-0.25, -0.2) is 4.79 Å². The van der Waals surface area contributed by atoms with Crippen LogP contribution in [0.5, 0.6) is 28.7 Å². The number of anilines is 1. The van der Waals surface area contributed by atoms with Crippen molar-refractivity contribution in [2.45, 2.75) is 19.9 Å². The van der Waals surface area contributed by atoms with Crippen LogP contribution < -0.4 is 28.6 Å². The Kier molecular flexibility index (Phi) is 6.97. The number of carbonyl (C=O) groups excluding carboxylic acids is 2. The van der Waals surface area contributed by atoms with Crippen molar-refractivity contribution in [2.75, 3.05) is 39.9 Å². The zero-order valence-electron chi connectivity index (χ0n) is 19.0. The van der Waals surface area contributed by atoms with Crippen molar-refractivity contribution in [3.8, 4) is 28.7 Å². The van der Waals surface area contributed by atoms with Gasteiger partial charge in [-0.1, -0.05) is 13.0 Å². The summed E-state index contributed by atoms with van der Waals surface area (Å²) in [4.78, 5) is 26.3. The molecule has 32 heavy (non-hydrogen) atoms. The molecular weight excluding hydrogens is 418 g/mol.